The molecule has 0 atom stereocenters. The molecule has 2 aromatic carbocycles. The van der Waals surface area contributed by atoms with Crippen molar-refractivity contribution in [1.29, 1.82) is 0 Å². The first kappa shape index (κ1) is 18.3. The number of amides is 3. The molecule has 7 heteroatoms. The number of aryl methyl sites for hydroxylation is 1. The molecular weight excluding hydrogens is 344 g/mol. The van der Waals surface area contributed by atoms with E-state index in [4.69, 9.17) is 5.73 Å². The van der Waals surface area contributed by atoms with Gasteiger partial charge < -0.3 is 11.1 Å². The molecule has 27 heavy (non-hydrogen) atoms. The van der Waals surface area contributed by atoms with E-state index in [2.05, 4.69) is 10.4 Å². The smallest absolute Gasteiger partial charge is 0.271 e. The second-order valence-electron chi connectivity index (χ2n) is 6.35. The van der Waals surface area contributed by atoms with Crippen molar-refractivity contribution in [2.45, 2.75) is 26.2 Å². The lowest BCUT2D eigenvalue weighted by molar-refractivity contribution is -0.119. The first-order chi connectivity index (χ1) is 12.9. The lowest BCUT2D eigenvalue weighted by Crippen LogP contribution is -2.36. The van der Waals surface area contributed by atoms with Gasteiger partial charge >= 0.3 is 0 Å². The summed E-state index contributed by atoms with van der Waals surface area (Å²) in [5.41, 5.74) is 8.26. The average molecular weight is 364 g/mol. The highest BCUT2D eigenvalue weighted by Crippen LogP contribution is 2.22. The van der Waals surface area contributed by atoms with Crippen LogP contribution in [0.5, 0.6) is 0 Å². The number of nitrogens with two attached hydrogens (primary N) is 1. The SMILES string of the molecule is Cc1cccc(N2N=C(C(=O)Nc3ccccc3CC(N)=O)CCC2=O)c1. The molecule has 0 aliphatic carbocycles. The molecule has 2 aromatic rings. The van der Waals surface area contributed by atoms with Crippen molar-refractivity contribution in [3.05, 3.63) is 59.7 Å². The molecule has 3 N–H and O–H groups in total. The van der Waals surface area contributed by atoms with E-state index in [0.717, 1.165) is 5.56 Å². The van der Waals surface area contributed by atoms with Gasteiger partial charge in [-0.25, -0.2) is 5.01 Å². The van der Waals surface area contributed by atoms with E-state index in [1.807, 2.05) is 25.1 Å². The molecule has 0 fully saturated rings. The molecule has 1 heterocycles. The van der Waals surface area contributed by atoms with Crippen LogP contribution in [0.15, 0.2) is 53.6 Å². The molecule has 0 spiro atoms. The largest absolute Gasteiger partial charge is 0.369 e. The second kappa shape index (κ2) is 7.82. The molecule has 0 radical (unpaired) electrons. The van der Waals surface area contributed by atoms with Gasteiger partial charge in [0.05, 0.1) is 12.1 Å². The zero-order valence-electron chi connectivity index (χ0n) is 14.9. The fourth-order valence-electron chi connectivity index (χ4n) is 2.86. The van der Waals surface area contributed by atoms with Gasteiger partial charge in [0, 0.05) is 18.5 Å². The van der Waals surface area contributed by atoms with Gasteiger partial charge in [0.25, 0.3) is 5.91 Å². The zero-order valence-corrected chi connectivity index (χ0v) is 14.9. The van der Waals surface area contributed by atoms with E-state index in [9.17, 15) is 14.4 Å². The minimum atomic E-state index is -0.483. The van der Waals surface area contributed by atoms with E-state index < -0.39 is 11.8 Å². The molecule has 0 aromatic heterocycles. The summed E-state index contributed by atoms with van der Waals surface area (Å²) < 4.78 is 0. The Morgan fingerprint density at radius 3 is 2.67 bits per heavy atom. The molecule has 7 nitrogen and oxygen atoms in total. The van der Waals surface area contributed by atoms with Crippen LogP contribution < -0.4 is 16.1 Å². The first-order valence-corrected chi connectivity index (χ1v) is 8.58. The number of rotatable bonds is 5. The van der Waals surface area contributed by atoms with Crippen LogP contribution in [-0.2, 0) is 20.8 Å². The van der Waals surface area contributed by atoms with E-state index in [1.54, 1.807) is 30.3 Å². The molecular formula is C20H20N4O3. The summed E-state index contributed by atoms with van der Waals surface area (Å²) in [6.45, 7) is 1.92. The third kappa shape index (κ3) is 4.38. The number of carbonyl (C=O) groups is 3. The van der Waals surface area contributed by atoms with Gasteiger partial charge in [0.15, 0.2) is 0 Å². The minimum absolute atomic E-state index is 0.0246. The van der Waals surface area contributed by atoms with Crippen molar-refractivity contribution in [1.82, 2.24) is 0 Å². The van der Waals surface area contributed by atoms with E-state index >= 15 is 0 Å². The predicted octanol–water partition coefficient (Wildman–Crippen LogP) is 2.14. The van der Waals surface area contributed by atoms with E-state index in [0.29, 0.717) is 16.9 Å². The molecule has 1 aliphatic heterocycles. The van der Waals surface area contributed by atoms with Crippen molar-refractivity contribution in [2.24, 2.45) is 10.8 Å². The molecule has 0 saturated heterocycles. The van der Waals surface area contributed by atoms with E-state index in [-0.39, 0.29) is 30.9 Å². The van der Waals surface area contributed by atoms with Crippen molar-refractivity contribution < 1.29 is 14.4 Å². The summed E-state index contributed by atoms with van der Waals surface area (Å²) in [6.07, 6.45) is 0.477. The second-order valence-corrected chi connectivity index (χ2v) is 6.35. The summed E-state index contributed by atoms with van der Waals surface area (Å²) >= 11 is 0. The number of para-hydroxylation sites is 1. The van der Waals surface area contributed by atoms with Crippen LogP contribution in [0.4, 0.5) is 11.4 Å². The molecule has 1 aliphatic rings. The Bertz CT molecular complexity index is 936. The van der Waals surface area contributed by atoms with Gasteiger partial charge in [-0.3, -0.25) is 14.4 Å². The Balaban J connectivity index is 1.83. The first-order valence-electron chi connectivity index (χ1n) is 8.58. The van der Waals surface area contributed by atoms with Crippen LogP contribution >= 0.6 is 0 Å². The third-order valence-electron chi connectivity index (χ3n) is 4.17. The standard InChI is InChI=1S/C20H20N4O3/c1-13-5-4-7-15(11-13)24-19(26)10-9-17(23-24)20(27)22-16-8-3-2-6-14(16)12-18(21)25/h2-8,11H,9-10,12H2,1H3,(H2,21,25)(H,22,27). The van der Waals surface area contributed by atoms with Crippen LogP contribution in [0.25, 0.3) is 0 Å². The highest BCUT2D eigenvalue weighted by atomic mass is 16.2. The molecule has 3 rings (SSSR count). The topological polar surface area (TPSA) is 105 Å². The summed E-state index contributed by atoms with van der Waals surface area (Å²) in [4.78, 5) is 36.1. The Morgan fingerprint density at radius 1 is 1.15 bits per heavy atom. The molecule has 3 amide bonds. The highest BCUT2D eigenvalue weighted by Gasteiger charge is 2.26. The predicted molar refractivity (Wildman–Crippen MR) is 103 cm³/mol. The van der Waals surface area contributed by atoms with Crippen molar-refractivity contribution in [2.75, 3.05) is 10.3 Å². The fourth-order valence-corrected chi connectivity index (χ4v) is 2.86. The van der Waals surface area contributed by atoms with Crippen molar-refractivity contribution >= 4 is 34.8 Å². The fraction of sp³-hybridized carbons (Fsp3) is 0.200. The molecule has 0 saturated carbocycles. The lowest BCUT2D eigenvalue weighted by Gasteiger charge is -2.23. The van der Waals surface area contributed by atoms with Gasteiger partial charge in [-0.05, 0) is 36.2 Å². The Kier molecular flexibility index (Phi) is 5.30. The number of primary amides is 1. The maximum absolute atomic E-state index is 12.7. The van der Waals surface area contributed by atoms with Gasteiger partial charge in [-0.1, -0.05) is 30.3 Å². The van der Waals surface area contributed by atoms with Crippen molar-refractivity contribution in [3.63, 3.8) is 0 Å². The maximum atomic E-state index is 12.7. The summed E-state index contributed by atoms with van der Waals surface area (Å²) in [5.74, 6) is -1.05. The third-order valence-corrected chi connectivity index (χ3v) is 4.17. The molecule has 0 bridgehead atoms. The van der Waals surface area contributed by atoms with E-state index in [1.165, 1.54) is 5.01 Å². The van der Waals surface area contributed by atoms with Crippen molar-refractivity contribution in [3.8, 4) is 0 Å². The number of nitrogens with zero attached hydrogens (tertiary/aromatic N) is 2. The highest BCUT2D eigenvalue weighted by molar-refractivity contribution is 6.44. The Hall–Kier alpha value is -3.48. The van der Waals surface area contributed by atoms with Crippen LogP contribution in [0.1, 0.15) is 24.0 Å². The molecule has 0 unspecified atom stereocenters. The van der Waals surface area contributed by atoms with Crippen LogP contribution in [0.2, 0.25) is 0 Å². The summed E-state index contributed by atoms with van der Waals surface area (Å²) in [5, 5.41) is 8.29. The monoisotopic (exact) mass is 364 g/mol. The number of hydrogen-bond donors (Lipinski definition) is 2. The number of nitrogens with one attached hydrogen (secondary N) is 1. The van der Waals surface area contributed by atoms with Crippen LogP contribution in [0, 0.1) is 6.92 Å². The van der Waals surface area contributed by atoms with Gasteiger partial charge in [-0.2, -0.15) is 5.10 Å². The lowest BCUT2D eigenvalue weighted by atomic mass is 10.1. The molecule has 138 valence electrons. The normalized spacial score (nSPS) is 13.9. The van der Waals surface area contributed by atoms with Crippen LogP contribution in [-0.4, -0.2) is 23.4 Å². The summed E-state index contributed by atoms with van der Waals surface area (Å²) in [7, 11) is 0. The van der Waals surface area contributed by atoms with Gasteiger partial charge in [0.2, 0.25) is 11.8 Å². The Morgan fingerprint density at radius 2 is 1.93 bits per heavy atom. The Labute approximate surface area is 156 Å². The quantitative estimate of drug-likeness (QED) is 0.849. The number of hydrogen-bond acceptors (Lipinski definition) is 4. The zero-order chi connectivity index (χ0) is 19.4. The number of hydrazone groups is 1. The van der Waals surface area contributed by atoms with Crippen LogP contribution in [0.3, 0.4) is 0 Å². The minimum Gasteiger partial charge on any atom is -0.369 e. The average Bonchev–Trinajstić information content (AvgIpc) is 2.63. The summed E-state index contributed by atoms with van der Waals surface area (Å²) in [6, 6.07) is 14.3. The van der Waals surface area contributed by atoms with Gasteiger partial charge in [0.1, 0.15) is 5.71 Å². The maximum Gasteiger partial charge on any atom is 0.271 e. The number of anilines is 2. The number of carbonyl (C=O) groups excluding carboxylic acids is 3. The number of benzene rings is 2. The van der Waals surface area contributed by atoms with Gasteiger partial charge in [-0.15, -0.1) is 0 Å².